The summed E-state index contributed by atoms with van der Waals surface area (Å²) >= 11 is 0. The summed E-state index contributed by atoms with van der Waals surface area (Å²) in [5.74, 6) is -0.807. The van der Waals surface area contributed by atoms with Gasteiger partial charge >= 0.3 is 5.97 Å². The first-order valence-corrected chi connectivity index (χ1v) is 8.52. The second kappa shape index (κ2) is 17.2. The first-order chi connectivity index (χ1) is 9.12. The number of rotatable bonds is 11. The van der Waals surface area contributed by atoms with E-state index >= 15 is 0 Å². The highest BCUT2D eigenvalue weighted by Crippen LogP contribution is 1.97. The lowest BCUT2D eigenvalue weighted by Gasteiger charge is -2.15. The quantitative estimate of drug-likeness (QED) is 0.246. The molecule has 0 unspecified atom stereocenters. The van der Waals surface area contributed by atoms with E-state index in [9.17, 15) is 9.59 Å². The van der Waals surface area contributed by atoms with Gasteiger partial charge in [-0.2, -0.15) is 0 Å². The number of aldehydes is 1. The molecule has 0 aromatic heterocycles. The Hall–Kier alpha value is -0.763. The molecule has 0 fully saturated rings. The van der Waals surface area contributed by atoms with Gasteiger partial charge in [-0.3, -0.25) is 4.79 Å². The zero-order valence-corrected chi connectivity index (χ0v) is 13.4. The molecule has 0 radical (unpaired) electrons. The molecule has 0 spiro atoms. The topological polar surface area (TPSA) is 98.9 Å². The van der Waals surface area contributed by atoms with Crippen molar-refractivity contribution in [3.05, 3.63) is 0 Å². The maximum Gasteiger partial charge on any atom is 0.303 e. The minimum atomic E-state index is -0.924. The molecule has 0 atom stereocenters. The van der Waals surface area contributed by atoms with Crippen LogP contribution in [0, 0.1) is 0 Å². The van der Waals surface area contributed by atoms with Crippen LogP contribution in [-0.4, -0.2) is 52.6 Å². The molecule has 0 rings (SSSR count). The third-order valence-corrected chi connectivity index (χ3v) is 3.93. The van der Waals surface area contributed by atoms with Crippen LogP contribution < -0.4 is 5.73 Å². The first kappa shape index (κ1) is 20.6. The van der Waals surface area contributed by atoms with Crippen LogP contribution in [0.1, 0.15) is 33.1 Å². The van der Waals surface area contributed by atoms with E-state index in [1.54, 1.807) is 0 Å². The van der Waals surface area contributed by atoms with Crippen LogP contribution in [0.3, 0.4) is 0 Å². The Labute approximate surface area is 117 Å². The molecule has 0 aliphatic rings. The van der Waals surface area contributed by atoms with Crippen molar-refractivity contribution in [2.24, 2.45) is 5.73 Å². The summed E-state index contributed by atoms with van der Waals surface area (Å²) in [6, 6.07) is 1.22. The summed E-state index contributed by atoms with van der Waals surface area (Å²) in [4.78, 5) is 19.0. The number of carbonyl (C=O) groups excluding carboxylic acids is 1. The van der Waals surface area contributed by atoms with Gasteiger partial charge in [0.15, 0.2) is 0 Å². The number of ether oxygens (including phenoxy) is 2. The summed E-state index contributed by atoms with van der Waals surface area (Å²) in [5, 5.41) is 7.89. The fraction of sp³-hybridized carbons (Fsp3) is 0.833. The Morgan fingerprint density at radius 2 is 1.95 bits per heavy atom. The SMILES string of the molecule is CCOC(OCC)[SiH2]CCCN.O=CCCC(=O)O. The van der Waals surface area contributed by atoms with Crippen molar-refractivity contribution in [2.75, 3.05) is 19.8 Å². The van der Waals surface area contributed by atoms with Gasteiger partial charge < -0.3 is 25.1 Å². The molecule has 0 aliphatic carbocycles. The summed E-state index contributed by atoms with van der Waals surface area (Å²) in [6.07, 6.45) is 1.77. The van der Waals surface area contributed by atoms with E-state index in [0.717, 1.165) is 26.2 Å². The van der Waals surface area contributed by atoms with Gasteiger partial charge in [-0.1, -0.05) is 6.04 Å². The van der Waals surface area contributed by atoms with Crippen LogP contribution in [-0.2, 0) is 19.1 Å². The minimum absolute atomic E-state index is 0.0521. The predicted molar refractivity (Wildman–Crippen MR) is 77.0 cm³/mol. The zero-order chi connectivity index (χ0) is 14.9. The Kier molecular flexibility index (Phi) is 18.6. The van der Waals surface area contributed by atoms with Gasteiger partial charge in [-0.15, -0.1) is 0 Å². The molecule has 0 saturated carbocycles. The number of hydrogen-bond donors (Lipinski definition) is 2. The van der Waals surface area contributed by atoms with Crippen molar-refractivity contribution < 1.29 is 24.2 Å². The van der Waals surface area contributed by atoms with Gasteiger partial charge in [-0.25, -0.2) is 0 Å². The van der Waals surface area contributed by atoms with E-state index in [0.29, 0.717) is 6.29 Å². The van der Waals surface area contributed by atoms with Crippen LogP contribution in [0.4, 0.5) is 0 Å². The lowest BCUT2D eigenvalue weighted by molar-refractivity contribution is -0.137. The fourth-order valence-corrected chi connectivity index (χ4v) is 2.94. The highest BCUT2D eigenvalue weighted by atomic mass is 28.2. The van der Waals surface area contributed by atoms with Crippen LogP contribution >= 0.6 is 0 Å². The van der Waals surface area contributed by atoms with E-state index in [4.69, 9.17) is 20.3 Å². The molecule has 0 heterocycles. The summed E-state index contributed by atoms with van der Waals surface area (Å²) in [7, 11) is -0.232. The molecule has 114 valence electrons. The lowest BCUT2D eigenvalue weighted by Crippen LogP contribution is -2.24. The number of carboxylic acids is 1. The highest BCUT2D eigenvalue weighted by molar-refractivity contribution is 6.36. The highest BCUT2D eigenvalue weighted by Gasteiger charge is 2.06. The molecule has 19 heavy (non-hydrogen) atoms. The molecule has 0 aromatic carbocycles. The van der Waals surface area contributed by atoms with Gasteiger partial charge in [0.05, 0.1) is 15.9 Å². The summed E-state index contributed by atoms with van der Waals surface area (Å²) in [5.41, 5.74) is 5.40. The molecule has 0 aromatic rings. The fourth-order valence-electron chi connectivity index (χ4n) is 1.22. The van der Waals surface area contributed by atoms with Crippen molar-refractivity contribution in [3.63, 3.8) is 0 Å². The van der Waals surface area contributed by atoms with Crippen molar-refractivity contribution in [2.45, 2.75) is 45.1 Å². The van der Waals surface area contributed by atoms with Crippen molar-refractivity contribution >= 4 is 21.8 Å². The molecule has 0 bridgehead atoms. The number of aliphatic carboxylic acids is 1. The summed E-state index contributed by atoms with van der Waals surface area (Å²) in [6.45, 7) is 6.30. The van der Waals surface area contributed by atoms with Gasteiger partial charge in [0, 0.05) is 19.6 Å². The first-order valence-electron chi connectivity index (χ1n) is 6.70. The smallest absolute Gasteiger partial charge is 0.303 e. The molecule has 6 nitrogen and oxygen atoms in total. The van der Waals surface area contributed by atoms with Gasteiger partial charge in [0.2, 0.25) is 0 Å². The largest absolute Gasteiger partial charge is 0.481 e. The summed E-state index contributed by atoms with van der Waals surface area (Å²) < 4.78 is 10.9. The second-order valence-corrected chi connectivity index (χ2v) is 5.67. The second-order valence-electron chi connectivity index (χ2n) is 3.72. The number of carbonyl (C=O) groups is 2. The molecule has 0 saturated heterocycles. The maximum atomic E-state index is 9.60. The van der Waals surface area contributed by atoms with Gasteiger partial charge in [-0.05, 0) is 26.8 Å². The van der Waals surface area contributed by atoms with Crippen LogP contribution in [0.15, 0.2) is 0 Å². The molecular formula is C12H27NO5Si. The van der Waals surface area contributed by atoms with Crippen LogP contribution in [0.5, 0.6) is 0 Å². The normalized spacial score (nSPS) is 10.5. The Bertz CT molecular complexity index is 210. The molecule has 7 heteroatoms. The average molecular weight is 293 g/mol. The number of hydrogen-bond acceptors (Lipinski definition) is 5. The third kappa shape index (κ3) is 19.7. The van der Waals surface area contributed by atoms with Crippen LogP contribution in [0.2, 0.25) is 6.04 Å². The third-order valence-electron chi connectivity index (χ3n) is 2.08. The van der Waals surface area contributed by atoms with Crippen molar-refractivity contribution in [1.29, 1.82) is 0 Å². The number of carboxylic acid groups (broad SMARTS) is 1. The van der Waals surface area contributed by atoms with Crippen molar-refractivity contribution in [1.82, 2.24) is 0 Å². The monoisotopic (exact) mass is 293 g/mol. The molecule has 0 aliphatic heterocycles. The Morgan fingerprint density at radius 3 is 2.26 bits per heavy atom. The van der Waals surface area contributed by atoms with Gasteiger partial charge in [0.1, 0.15) is 12.2 Å². The minimum Gasteiger partial charge on any atom is -0.481 e. The zero-order valence-electron chi connectivity index (χ0n) is 12.0. The predicted octanol–water partition coefficient (Wildman–Crippen LogP) is 0.329. The molecular weight excluding hydrogens is 266 g/mol. The average Bonchev–Trinajstić information content (AvgIpc) is 2.38. The Balaban J connectivity index is 0. The molecule has 3 N–H and O–H groups in total. The van der Waals surface area contributed by atoms with Crippen LogP contribution in [0.25, 0.3) is 0 Å². The maximum absolute atomic E-state index is 9.60. The van der Waals surface area contributed by atoms with E-state index in [2.05, 4.69) is 0 Å². The van der Waals surface area contributed by atoms with Gasteiger partial charge in [0.25, 0.3) is 0 Å². The van der Waals surface area contributed by atoms with E-state index in [-0.39, 0.29) is 28.3 Å². The standard InChI is InChI=1S/C8H21NO2Si.C4H6O3/c1-3-10-8(11-4-2)12-7-5-6-9;5-3-1-2-4(6)7/h8H,3-7,9,12H2,1-2H3;3H,1-2H2,(H,6,7). The Morgan fingerprint density at radius 1 is 1.37 bits per heavy atom. The lowest BCUT2D eigenvalue weighted by atomic mass is 10.3. The van der Waals surface area contributed by atoms with E-state index in [1.165, 1.54) is 6.04 Å². The van der Waals surface area contributed by atoms with E-state index < -0.39 is 5.97 Å². The number of nitrogens with two attached hydrogens (primary N) is 1. The van der Waals surface area contributed by atoms with Crippen molar-refractivity contribution in [3.8, 4) is 0 Å². The van der Waals surface area contributed by atoms with E-state index in [1.807, 2.05) is 13.8 Å². The molecule has 0 amide bonds.